The molecule has 1 heterocycles. The molecule has 1 aliphatic heterocycles. The molecule has 0 spiro atoms. The van der Waals surface area contributed by atoms with E-state index in [0.717, 1.165) is 5.56 Å². The van der Waals surface area contributed by atoms with Gasteiger partial charge in [-0.05, 0) is 30.5 Å². The molecule has 2 nitrogen and oxygen atoms in total. The molecule has 3 heteroatoms. The van der Waals surface area contributed by atoms with Crippen LogP contribution in [0.25, 0.3) is 0 Å². The van der Waals surface area contributed by atoms with Crippen LogP contribution in [-0.4, -0.2) is 19.3 Å². The molecule has 2 rings (SSSR count). The van der Waals surface area contributed by atoms with Gasteiger partial charge < -0.3 is 4.90 Å². The molecule has 0 unspecified atom stereocenters. The molecule has 1 fully saturated rings. The minimum Gasteiger partial charge on any atom is -0.372 e. The first-order chi connectivity index (χ1) is 7.90. The van der Waals surface area contributed by atoms with E-state index in [4.69, 9.17) is 11.8 Å². The summed E-state index contributed by atoms with van der Waals surface area (Å²) in [4.78, 5) is 2.47. The molecule has 0 radical (unpaired) electrons. The first kappa shape index (κ1) is 11.5. The predicted molar refractivity (Wildman–Crippen MR) is 70.6 cm³/mol. The Hall–Kier alpha value is -1.02. The zero-order chi connectivity index (χ0) is 11.2. The van der Waals surface area contributed by atoms with Crippen LogP contribution in [0, 0.1) is 0 Å². The molecular formula is C13H17ClN2. The fraction of sp³-hybridized carbons (Fsp3) is 0.462. The summed E-state index contributed by atoms with van der Waals surface area (Å²) < 4.78 is 3.50. The molecule has 1 saturated heterocycles. The maximum absolute atomic E-state index is 5.31. The highest BCUT2D eigenvalue weighted by molar-refractivity contribution is 6.18. The SMILES string of the molecule is ClN=Cc1ccc(N2CCCCCC2)cc1. The van der Waals surface area contributed by atoms with E-state index in [2.05, 4.69) is 33.7 Å². The van der Waals surface area contributed by atoms with Crippen molar-refractivity contribution >= 4 is 23.7 Å². The maximum Gasteiger partial charge on any atom is 0.0487 e. The van der Waals surface area contributed by atoms with Gasteiger partial charge in [0.05, 0.1) is 0 Å². The Morgan fingerprint density at radius 3 is 2.19 bits per heavy atom. The zero-order valence-electron chi connectivity index (χ0n) is 9.40. The van der Waals surface area contributed by atoms with Crippen LogP contribution in [0.2, 0.25) is 0 Å². The van der Waals surface area contributed by atoms with E-state index in [1.54, 1.807) is 6.21 Å². The highest BCUT2D eigenvalue weighted by Crippen LogP contribution is 2.19. The molecule has 0 saturated carbocycles. The summed E-state index contributed by atoms with van der Waals surface area (Å²) in [6.07, 6.45) is 7.02. The van der Waals surface area contributed by atoms with Gasteiger partial charge in [-0.2, -0.15) is 4.51 Å². The molecule has 0 aliphatic carbocycles. The summed E-state index contributed by atoms with van der Waals surface area (Å²) in [5, 5.41) is 0. The molecule has 0 aromatic heterocycles. The Morgan fingerprint density at radius 1 is 1.00 bits per heavy atom. The Labute approximate surface area is 102 Å². The number of nitrogens with zero attached hydrogens (tertiary/aromatic N) is 2. The number of benzene rings is 1. The van der Waals surface area contributed by atoms with Crippen LogP contribution in [-0.2, 0) is 0 Å². The van der Waals surface area contributed by atoms with Gasteiger partial charge in [0.1, 0.15) is 0 Å². The molecule has 0 atom stereocenters. The fourth-order valence-electron chi connectivity index (χ4n) is 2.16. The molecule has 16 heavy (non-hydrogen) atoms. The first-order valence-electron chi connectivity index (χ1n) is 5.89. The number of hydrogen-bond donors (Lipinski definition) is 0. The summed E-state index contributed by atoms with van der Waals surface area (Å²) in [5.41, 5.74) is 2.36. The number of anilines is 1. The van der Waals surface area contributed by atoms with Gasteiger partial charge >= 0.3 is 0 Å². The van der Waals surface area contributed by atoms with E-state index in [0.29, 0.717) is 0 Å². The van der Waals surface area contributed by atoms with Gasteiger partial charge in [0, 0.05) is 36.8 Å². The number of halogens is 1. The van der Waals surface area contributed by atoms with Crippen molar-refractivity contribution < 1.29 is 0 Å². The van der Waals surface area contributed by atoms with Crippen LogP contribution in [0.3, 0.4) is 0 Å². The standard InChI is InChI=1S/C13H17ClN2/c14-15-11-12-5-7-13(8-6-12)16-9-3-1-2-4-10-16/h5-8,11H,1-4,9-10H2. The monoisotopic (exact) mass is 236 g/mol. The molecule has 0 bridgehead atoms. The van der Waals surface area contributed by atoms with Gasteiger partial charge in [-0.15, -0.1) is 0 Å². The largest absolute Gasteiger partial charge is 0.372 e. The minimum absolute atomic E-state index is 1.05. The van der Waals surface area contributed by atoms with Gasteiger partial charge in [-0.1, -0.05) is 25.0 Å². The van der Waals surface area contributed by atoms with Crippen LogP contribution in [0.15, 0.2) is 28.8 Å². The average molecular weight is 237 g/mol. The second kappa shape index (κ2) is 5.90. The molecule has 86 valence electrons. The topological polar surface area (TPSA) is 15.6 Å². The zero-order valence-corrected chi connectivity index (χ0v) is 10.2. The van der Waals surface area contributed by atoms with Crippen molar-refractivity contribution in [3.05, 3.63) is 29.8 Å². The summed E-state index contributed by atoms with van der Waals surface area (Å²) in [5.74, 6) is 0. The molecule has 1 aromatic rings. The minimum atomic E-state index is 1.05. The van der Waals surface area contributed by atoms with Crippen LogP contribution in [0.4, 0.5) is 5.69 Å². The van der Waals surface area contributed by atoms with Gasteiger partial charge in [-0.3, -0.25) is 0 Å². The van der Waals surface area contributed by atoms with Gasteiger partial charge in [0.15, 0.2) is 0 Å². The smallest absolute Gasteiger partial charge is 0.0487 e. The van der Waals surface area contributed by atoms with Crippen molar-refractivity contribution in [2.75, 3.05) is 18.0 Å². The highest BCUT2D eigenvalue weighted by atomic mass is 35.5. The fourth-order valence-corrected chi connectivity index (χ4v) is 2.27. The van der Waals surface area contributed by atoms with E-state index in [-0.39, 0.29) is 0 Å². The third kappa shape index (κ3) is 2.99. The molecule has 1 aliphatic rings. The summed E-state index contributed by atoms with van der Waals surface area (Å²) in [7, 11) is 0. The van der Waals surface area contributed by atoms with Gasteiger partial charge in [0.25, 0.3) is 0 Å². The van der Waals surface area contributed by atoms with E-state index < -0.39 is 0 Å². The Morgan fingerprint density at radius 2 is 1.62 bits per heavy atom. The lowest BCUT2D eigenvalue weighted by Crippen LogP contribution is -2.23. The van der Waals surface area contributed by atoms with Gasteiger partial charge in [-0.25, -0.2) is 0 Å². The van der Waals surface area contributed by atoms with E-state index in [1.807, 2.05) is 0 Å². The number of rotatable bonds is 2. The molecular weight excluding hydrogens is 220 g/mol. The van der Waals surface area contributed by atoms with Gasteiger partial charge in [0.2, 0.25) is 0 Å². The lowest BCUT2D eigenvalue weighted by atomic mass is 10.2. The van der Waals surface area contributed by atoms with Crippen LogP contribution in [0.1, 0.15) is 31.2 Å². The summed E-state index contributed by atoms with van der Waals surface area (Å²) >= 11 is 5.31. The Bertz CT molecular complexity index is 337. The molecule has 0 amide bonds. The van der Waals surface area contributed by atoms with E-state index in [9.17, 15) is 0 Å². The Balaban J connectivity index is 2.07. The summed E-state index contributed by atoms with van der Waals surface area (Å²) in [6, 6.07) is 8.43. The lowest BCUT2D eigenvalue weighted by Gasteiger charge is -2.22. The van der Waals surface area contributed by atoms with Crippen molar-refractivity contribution in [3.63, 3.8) is 0 Å². The normalized spacial score (nSPS) is 17.7. The van der Waals surface area contributed by atoms with Crippen LogP contribution >= 0.6 is 11.8 Å². The van der Waals surface area contributed by atoms with E-state index >= 15 is 0 Å². The van der Waals surface area contributed by atoms with Crippen molar-refractivity contribution in [1.82, 2.24) is 0 Å². The predicted octanol–water partition coefficient (Wildman–Crippen LogP) is 3.64. The third-order valence-electron chi connectivity index (χ3n) is 3.06. The maximum atomic E-state index is 5.31. The Kier molecular flexibility index (Phi) is 4.23. The van der Waals surface area contributed by atoms with Crippen molar-refractivity contribution in [2.24, 2.45) is 4.51 Å². The van der Waals surface area contributed by atoms with Crippen molar-refractivity contribution in [1.29, 1.82) is 0 Å². The third-order valence-corrected chi connectivity index (χ3v) is 3.16. The second-order valence-electron chi connectivity index (χ2n) is 4.22. The van der Waals surface area contributed by atoms with Crippen LogP contribution < -0.4 is 4.90 Å². The quantitative estimate of drug-likeness (QED) is 0.716. The van der Waals surface area contributed by atoms with Crippen LogP contribution in [0.5, 0.6) is 0 Å². The van der Waals surface area contributed by atoms with Crippen molar-refractivity contribution in [3.8, 4) is 0 Å². The van der Waals surface area contributed by atoms with Crippen molar-refractivity contribution in [2.45, 2.75) is 25.7 Å². The first-order valence-corrected chi connectivity index (χ1v) is 6.23. The lowest BCUT2D eigenvalue weighted by molar-refractivity contribution is 0.726. The molecule has 1 aromatic carbocycles. The second-order valence-corrected chi connectivity index (χ2v) is 4.41. The highest BCUT2D eigenvalue weighted by Gasteiger charge is 2.09. The van der Waals surface area contributed by atoms with E-state index in [1.165, 1.54) is 44.5 Å². The summed E-state index contributed by atoms with van der Waals surface area (Å²) in [6.45, 7) is 2.37. The molecule has 0 N–H and O–H groups in total. The number of hydrogen-bond acceptors (Lipinski definition) is 2. The average Bonchev–Trinajstić information content (AvgIpc) is 2.59.